The highest BCUT2D eigenvalue weighted by atomic mass is 16.3. The minimum atomic E-state index is -0.0760. The summed E-state index contributed by atoms with van der Waals surface area (Å²) in [6.07, 6.45) is 5.32. The molecule has 0 spiro atoms. The zero-order valence-corrected chi connectivity index (χ0v) is 10.2. The Labute approximate surface area is 110 Å². The Balaban J connectivity index is 2.22. The first-order chi connectivity index (χ1) is 9.25. The van der Waals surface area contributed by atoms with Crippen LogP contribution in [0.5, 0.6) is 11.5 Å². The third-order valence-corrected chi connectivity index (χ3v) is 3.90. The second-order valence-corrected chi connectivity index (χ2v) is 4.93. The van der Waals surface area contributed by atoms with Crippen molar-refractivity contribution in [3.05, 3.63) is 53.6 Å². The van der Waals surface area contributed by atoms with Crippen molar-refractivity contribution in [2.75, 3.05) is 0 Å². The molecule has 19 heavy (non-hydrogen) atoms. The van der Waals surface area contributed by atoms with Gasteiger partial charge in [0, 0.05) is 5.39 Å². The van der Waals surface area contributed by atoms with Gasteiger partial charge >= 0.3 is 0 Å². The fourth-order valence-corrected chi connectivity index (χ4v) is 2.94. The Bertz CT molecular complexity index is 860. The molecule has 0 unspecified atom stereocenters. The van der Waals surface area contributed by atoms with Gasteiger partial charge in [-0.15, -0.1) is 0 Å². The van der Waals surface area contributed by atoms with Crippen LogP contribution >= 0.6 is 0 Å². The topological polar surface area (TPSA) is 40.5 Å². The lowest BCUT2D eigenvalue weighted by atomic mass is 9.96. The summed E-state index contributed by atoms with van der Waals surface area (Å²) in [7, 11) is 0. The van der Waals surface area contributed by atoms with Crippen LogP contribution in [0.25, 0.3) is 27.6 Å². The maximum atomic E-state index is 9.95. The Morgan fingerprint density at radius 2 is 1.42 bits per heavy atom. The van der Waals surface area contributed by atoms with E-state index < -0.39 is 0 Å². The molecule has 0 fully saturated rings. The number of rotatable bonds is 0. The number of phenols is 2. The number of allylic oxidation sites excluding steroid dienone is 1. The summed E-state index contributed by atoms with van der Waals surface area (Å²) in [4.78, 5) is 0. The van der Waals surface area contributed by atoms with E-state index in [1.165, 1.54) is 16.5 Å². The molecule has 3 aromatic carbocycles. The fraction of sp³-hybridized carbons (Fsp3) is 0.0588. The van der Waals surface area contributed by atoms with Gasteiger partial charge < -0.3 is 10.2 Å². The van der Waals surface area contributed by atoms with Crippen LogP contribution in [-0.4, -0.2) is 10.2 Å². The zero-order chi connectivity index (χ0) is 13.0. The van der Waals surface area contributed by atoms with E-state index in [0.717, 1.165) is 17.2 Å². The second-order valence-electron chi connectivity index (χ2n) is 4.93. The zero-order valence-electron chi connectivity index (χ0n) is 10.2. The van der Waals surface area contributed by atoms with E-state index in [-0.39, 0.29) is 11.5 Å². The smallest absolute Gasteiger partial charge is 0.165 e. The molecule has 0 saturated carbocycles. The van der Waals surface area contributed by atoms with Crippen LogP contribution in [0.4, 0.5) is 0 Å². The molecule has 0 aliphatic heterocycles. The van der Waals surface area contributed by atoms with E-state index in [1.54, 1.807) is 6.07 Å². The van der Waals surface area contributed by atoms with Gasteiger partial charge in [0.15, 0.2) is 11.5 Å². The molecule has 2 nitrogen and oxygen atoms in total. The van der Waals surface area contributed by atoms with E-state index in [0.29, 0.717) is 5.39 Å². The Hall–Kier alpha value is -2.48. The van der Waals surface area contributed by atoms with Crippen molar-refractivity contribution in [1.82, 2.24) is 0 Å². The van der Waals surface area contributed by atoms with Gasteiger partial charge in [-0.3, -0.25) is 0 Å². The molecule has 0 atom stereocenters. The van der Waals surface area contributed by atoms with Crippen LogP contribution in [0.2, 0.25) is 0 Å². The van der Waals surface area contributed by atoms with Crippen LogP contribution in [0.3, 0.4) is 0 Å². The quantitative estimate of drug-likeness (QED) is 0.466. The molecule has 1 aliphatic rings. The van der Waals surface area contributed by atoms with E-state index in [9.17, 15) is 10.2 Å². The van der Waals surface area contributed by atoms with Crippen molar-refractivity contribution >= 4 is 27.6 Å². The predicted octanol–water partition coefficient (Wildman–Crippen LogP) is 3.97. The summed E-state index contributed by atoms with van der Waals surface area (Å²) < 4.78 is 0. The van der Waals surface area contributed by atoms with E-state index in [2.05, 4.69) is 24.3 Å². The monoisotopic (exact) mass is 248 g/mol. The number of phenolic OH excluding ortho intramolecular Hbond substituents is 2. The number of fused-ring (bicyclic) bond motifs is 5. The van der Waals surface area contributed by atoms with Crippen molar-refractivity contribution in [1.29, 1.82) is 0 Å². The highest BCUT2D eigenvalue weighted by molar-refractivity contribution is 6.12. The van der Waals surface area contributed by atoms with Crippen molar-refractivity contribution in [3.63, 3.8) is 0 Å². The van der Waals surface area contributed by atoms with Gasteiger partial charge in [-0.2, -0.15) is 0 Å². The molecular formula is C17H12O2. The van der Waals surface area contributed by atoms with Crippen LogP contribution in [0.15, 0.2) is 42.5 Å². The number of hydrogen-bond donors (Lipinski definition) is 2. The van der Waals surface area contributed by atoms with Crippen LogP contribution < -0.4 is 0 Å². The molecular weight excluding hydrogens is 236 g/mol. The maximum absolute atomic E-state index is 9.95. The average molecular weight is 248 g/mol. The second kappa shape index (κ2) is 3.51. The first-order valence-electron chi connectivity index (χ1n) is 6.31. The van der Waals surface area contributed by atoms with Gasteiger partial charge in [-0.25, -0.2) is 0 Å². The van der Waals surface area contributed by atoms with Crippen molar-refractivity contribution in [3.8, 4) is 11.5 Å². The first kappa shape index (κ1) is 10.4. The molecule has 0 heterocycles. The first-order valence-corrected chi connectivity index (χ1v) is 6.31. The molecule has 2 heteroatoms. The van der Waals surface area contributed by atoms with Crippen molar-refractivity contribution in [2.24, 2.45) is 0 Å². The lowest BCUT2D eigenvalue weighted by molar-refractivity contribution is 0.408. The van der Waals surface area contributed by atoms with Gasteiger partial charge in [0.25, 0.3) is 0 Å². The van der Waals surface area contributed by atoms with E-state index >= 15 is 0 Å². The van der Waals surface area contributed by atoms with Crippen LogP contribution in [-0.2, 0) is 6.42 Å². The van der Waals surface area contributed by atoms with Gasteiger partial charge in [-0.1, -0.05) is 30.4 Å². The molecule has 4 rings (SSSR count). The lowest BCUT2D eigenvalue weighted by Crippen LogP contribution is -1.86. The Kier molecular flexibility index (Phi) is 1.93. The predicted molar refractivity (Wildman–Crippen MR) is 77.5 cm³/mol. The highest BCUT2D eigenvalue weighted by Crippen LogP contribution is 2.39. The number of benzene rings is 3. The van der Waals surface area contributed by atoms with Crippen molar-refractivity contribution in [2.45, 2.75) is 6.42 Å². The molecule has 0 bridgehead atoms. The summed E-state index contributed by atoms with van der Waals surface area (Å²) >= 11 is 0. The standard InChI is InChI=1S/C17H12O2/c18-16-9-8-14-13-5-4-10-2-1-3-11(10)12(13)6-7-15(14)17(16)19/h1,3-9,18-19H,2H2. The van der Waals surface area contributed by atoms with Crippen LogP contribution in [0, 0.1) is 0 Å². The molecule has 92 valence electrons. The molecule has 0 aromatic heterocycles. The summed E-state index contributed by atoms with van der Waals surface area (Å²) in [6, 6.07) is 11.5. The summed E-state index contributed by atoms with van der Waals surface area (Å²) in [5.74, 6) is -0.122. The van der Waals surface area contributed by atoms with E-state index in [1.807, 2.05) is 18.2 Å². The summed E-state index contributed by atoms with van der Waals surface area (Å²) in [5, 5.41) is 23.5. The van der Waals surface area contributed by atoms with Gasteiger partial charge in [0.2, 0.25) is 0 Å². The molecule has 0 saturated heterocycles. The third kappa shape index (κ3) is 1.31. The molecule has 2 N–H and O–H groups in total. The Morgan fingerprint density at radius 3 is 2.32 bits per heavy atom. The minimum Gasteiger partial charge on any atom is -0.504 e. The molecule has 0 amide bonds. The SMILES string of the molecule is Oc1ccc2c(ccc3c4c(ccc32)CC=C4)c1O. The third-order valence-electron chi connectivity index (χ3n) is 3.90. The summed E-state index contributed by atoms with van der Waals surface area (Å²) in [5.41, 5.74) is 2.61. The van der Waals surface area contributed by atoms with Crippen molar-refractivity contribution < 1.29 is 10.2 Å². The van der Waals surface area contributed by atoms with Gasteiger partial charge in [0.1, 0.15) is 0 Å². The minimum absolute atomic E-state index is 0.0459. The maximum Gasteiger partial charge on any atom is 0.165 e. The largest absolute Gasteiger partial charge is 0.504 e. The van der Waals surface area contributed by atoms with Crippen LogP contribution in [0.1, 0.15) is 11.1 Å². The summed E-state index contributed by atoms with van der Waals surface area (Å²) in [6.45, 7) is 0. The normalized spacial score (nSPS) is 13.3. The van der Waals surface area contributed by atoms with E-state index in [4.69, 9.17) is 0 Å². The Morgan fingerprint density at radius 1 is 0.737 bits per heavy atom. The fourth-order valence-electron chi connectivity index (χ4n) is 2.94. The van der Waals surface area contributed by atoms with Gasteiger partial charge in [-0.05, 0) is 51.9 Å². The molecule has 3 aromatic rings. The average Bonchev–Trinajstić information content (AvgIpc) is 2.91. The lowest BCUT2D eigenvalue weighted by Gasteiger charge is -2.10. The number of hydrogen-bond acceptors (Lipinski definition) is 2. The number of aromatic hydroxyl groups is 2. The molecule has 1 aliphatic carbocycles. The highest BCUT2D eigenvalue weighted by Gasteiger charge is 2.13. The van der Waals surface area contributed by atoms with Gasteiger partial charge in [0.05, 0.1) is 0 Å². The molecule has 0 radical (unpaired) electrons.